The van der Waals surface area contributed by atoms with Crippen molar-refractivity contribution >= 4 is 12.2 Å². The van der Waals surface area contributed by atoms with E-state index in [1.54, 1.807) is 20.8 Å². The minimum Gasteiger partial charge on any atom is -0.445 e. The number of rotatable bonds is 3. The Morgan fingerprint density at radius 1 is 1.19 bits per heavy atom. The molecule has 2 amide bonds. The highest BCUT2D eigenvalue weighted by Gasteiger charge is 2.35. The van der Waals surface area contributed by atoms with Gasteiger partial charge in [0.15, 0.2) is 0 Å². The van der Waals surface area contributed by atoms with Crippen LogP contribution in [0.25, 0.3) is 0 Å². The maximum atomic E-state index is 12.3. The maximum Gasteiger partial charge on any atom is 0.410 e. The molecule has 1 aliphatic heterocycles. The van der Waals surface area contributed by atoms with Gasteiger partial charge in [-0.2, -0.15) is 5.26 Å². The normalized spacial score (nSPS) is 17.4. The Kier molecular flexibility index (Phi) is 6.45. The van der Waals surface area contributed by atoms with Crippen molar-refractivity contribution in [2.75, 3.05) is 19.6 Å². The Morgan fingerprint density at radius 3 is 2.50 bits per heavy atom. The van der Waals surface area contributed by atoms with E-state index in [4.69, 9.17) is 14.7 Å². The van der Waals surface area contributed by atoms with Gasteiger partial charge in [0.25, 0.3) is 0 Å². The van der Waals surface area contributed by atoms with Gasteiger partial charge in [0.1, 0.15) is 12.2 Å². The number of amides is 2. The molecule has 0 aliphatic carbocycles. The van der Waals surface area contributed by atoms with Crippen LogP contribution in [0.5, 0.6) is 0 Å². The van der Waals surface area contributed by atoms with Gasteiger partial charge < -0.3 is 19.3 Å². The van der Waals surface area contributed by atoms with Gasteiger partial charge in [-0.1, -0.05) is 30.3 Å². The van der Waals surface area contributed by atoms with Gasteiger partial charge in [-0.25, -0.2) is 9.59 Å². The lowest BCUT2D eigenvalue weighted by atomic mass is 10.1. The molecule has 0 radical (unpaired) electrons. The summed E-state index contributed by atoms with van der Waals surface area (Å²) in [4.78, 5) is 27.7. The first-order valence-corrected chi connectivity index (χ1v) is 8.62. The van der Waals surface area contributed by atoms with E-state index >= 15 is 0 Å². The maximum absolute atomic E-state index is 12.3. The van der Waals surface area contributed by atoms with Gasteiger partial charge in [-0.05, 0) is 26.3 Å². The largest absolute Gasteiger partial charge is 0.445 e. The van der Waals surface area contributed by atoms with Crippen LogP contribution in [0.2, 0.25) is 0 Å². The predicted molar refractivity (Wildman–Crippen MR) is 95.2 cm³/mol. The van der Waals surface area contributed by atoms with E-state index in [9.17, 15) is 9.59 Å². The van der Waals surface area contributed by atoms with Gasteiger partial charge in [0, 0.05) is 19.6 Å². The number of benzene rings is 1. The monoisotopic (exact) mass is 359 g/mol. The van der Waals surface area contributed by atoms with Crippen molar-refractivity contribution in [3.63, 3.8) is 0 Å². The molecule has 1 atom stereocenters. The molecule has 1 aliphatic rings. The lowest BCUT2D eigenvalue weighted by Crippen LogP contribution is -2.57. The molecule has 7 nitrogen and oxygen atoms in total. The Bertz CT molecular complexity index is 664. The number of piperazine rings is 1. The molecular formula is C19H25N3O4. The van der Waals surface area contributed by atoms with E-state index in [0.717, 1.165) is 5.56 Å². The molecule has 7 heteroatoms. The third-order valence-corrected chi connectivity index (χ3v) is 3.90. The molecule has 1 fully saturated rings. The zero-order valence-corrected chi connectivity index (χ0v) is 15.5. The summed E-state index contributed by atoms with van der Waals surface area (Å²) in [6.07, 6.45) is -0.780. The number of carbonyl (C=O) groups is 2. The molecule has 1 heterocycles. The molecule has 0 bridgehead atoms. The Morgan fingerprint density at radius 2 is 1.88 bits per heavy atom. The minimum absolute atomic E-state index is 0.127. The molecule has 2 rings (SSSR count). The summed E-state index contributed by atoms with van der Waals surface area (Å²) in [5, 5.41) is 9.06. The average molecular weight is 359 g/mol. The van der Waals surface area contributed by atoms with E-state index in [0.29, 0.717) is 13.1 Å². The Hall–Kier alpha value is -2.75. The number of hydrogen-bond acceptors (Lipinski definition) is 5. The minimum atomic E-state index is -0.611. The molecule has 0 N–H and O–H groups in total. The predicted octanol–water partition coefficient (Wildman–Crippen LogP) is 3.16. The number of carbonyl (C=O) groups excluding carboxylic acids is 2. The van der Waals surface area contributed by atoms with Crippen molar-refractivity contribution in [3.8, 4) is 6.07 Å². The summed E-state index contributed by atoms with van der Waals surface area (Å²) in [6.45, 7) is 6.47. The summed E-state index contributed by atoms with van der Waals surface area (Å²) in [7, 11) is 0. The molecule has 140 valence electrons. The molecule has 0 spiro atoms. The van der Waals surface area contributed by atoms with Gasteiger partial charge >= 0.3 is 12.2 Å². The molecule has 1 aromatic rings. The fraction of sp³-hybridized carbons (Fsp3) is 0.526. The van der Waals surface area contributed by atoms with E-state index in [2.05, 4.69) is 6.07 Å². The SMILES string of the molecule is CC(C)(C)OC(=O)N1CCN(C(=O)OCc2ccccc2)C[C@@H]1CC#N. The van der Waals surface area contributed by atoms with Crippen molar-refractivity contribution in [1.82, 2.24) is 9.80 Å². The lowest BCUT2D eigenvalue weighted by molar-refractivity contribution is -0.00241. The van der Waals surface area contributed by atoms with E-state index in [1.807, 2.05) is 30.3 Å². The van der Waals surface area contributed by atoms with Crippen LogP contribution in [-0.2, 0) is 16.1 Å². The van der Waals surface area contributed by atoms with Gasteiger partial charge in [0.05, 0.1) is 18.5 Å². The number of hydrogen-bond donors (Lipinski definition) is 0. The standard InChI is InChI=1S/C19H25N3O4/c1-19(2,3)26-18(24)22-12-11-21(13-16(22)9-10-20)17(23)25-14-15-7-5-4-6-8-15/h4-8,16H,9,11-14H2,1-3H3/t16-/m0/s1. The topological polar surface area (TPSA) is 82.9 Å². The zero-order valence-electron chi connectivity index (χ0n) is 15.5. The van der Waals surface area contributed by atoms with Crippen molar-refractivity contribution in [2.45, 2.75) is 45.4 Å². The van der Waals surface area contributed by atoms with Crippen LogP contribution in [0, 0.1) is 11.3 Å². The van der Waals surface area contributed by atoms with Crippen LogP contribution in [0.15, 0.2) is 30.3 Å². The highest BCUT2D eigenvalue weighted by molar-refractivity contribution is 5.71. The lowest BCUT2D eigenvalue weighted by Gasteiger charge is -2.40. The van der Waals surface area contributed by atoms with Crippen molar-refractivity contribution in [2.24, 2.45) is 0 Å². The third kappa shape index (κ3) is 5.66. The molecule has 1 aromatic carbocycles. The summed E-state index contributed by atoms with van der Waals surface area (Å²) >= 11 is 0. The van der Waals surface area contributed by atoms with Crippen molar-refractivity contribution < 1.29 is 19.1 Å². The first-order chi connectivity index (χ1) is 12.3. The smallest absolute Gasteiger partial charge is 0.410 e. The first kappa shape index (κ1) is 19.6. The van der Waals surface area contributed by atoms with Crippen LogP contribution < -0.4 is 0 Å². The fourth-order valence-corrected chi connectivity index (χ4v) is 2.67. The first-order valence-electron chi connectivity index (χ1n) is 8.62. The van der Waals surface area contributed by atoms with Gasteiger partial charge in [-0.3, -0.25) is 0 Å². The number of nitrogens with zero attached hydrogens (tertiary/aromatic N) is 3. The highest BCUT2D eigenvalue weighted by Crippen LogP contribution is 2.18. The number of ether oxygens (including phenoxy) is 2. The van der Waals surface area contributed by atoms with Gasteiger partial charge in [0.2, 0.25) is 0 Å². The summed E-state index contributed by atoms with van der Waals surface area (Å²) < 4.78 is 10.7. The number of nitriles is 1. The molecule has 0 aromatic heterocycles. The molecule has 26 heavy (non-hydrogen) atoms. The van der Waals surface area contributed by atoms with Crippen LogP contribution in [0.1, 0.15) is 32.8 Å². The molecule has 0 unspecified atom stereocenters. The van der Waals surface area contributed by atoms with Crippen LogP contribution in [0.3, 0.4) is 0 Å². The Balaban J connectivity index is 1.94. The Labute approximate surface area is 154 Å². The third-order valence-electron chi connectivity index (χ3n) is 3.90. The van der Waals surface area contributed by atoms with Crippen LogP contribution in [0.4, 0.5) is 9.59 Å². The quantitative estimate of drug-likeness (QED) is 0.828. The highest BCUT2D eigenvalue weighted by atomic mass is 16.6. The van der Waals surface area contributed by atoms with Crippen LogP contribution >= 0.6 is 0 Å². The van der Waals surface area contributed by atoms with Gasteiger partial charge in [-0.15, -0.1) is 0 Å². The molecular weight excluding hydrogens is 334 g/mol. The van der Waals surface area contributed by atoms with E-state index in [1.165, 1.54) is 9.80 Å². The molecule has 1 saturated heterocycles. The van der Waals surface area contributed by atoms with E-state index in [-0.39, 0.29) is 19.6 Å². The second-order valence-corrected chi connectivity index (χ2v) is 7.18. The zero-order chi connectivity index (χ0) is 19.2. The second kappa shape index (κ2) is 8.56. The van der Waals surface area contributed by atoms with Crippen LogP contribution in [-0.4, -0.2) is 53.3 Å². The summed E-state index contributed by atoms with van der Waals surface area (Å²) in [5.74, 6) is 0. The molecule has 0 saturated carbocycles. The second-order valence-electron chi connectivity index (χ2n) is 7.18. The van der Waals surface area contributed by atoms with E-state index < -0.39 is 23.8 Å². The average Bonchev–Trinajstić information content (AvgIpc) is 2.59. The van der Waals surface area contributed by atoms with Crippen molar-refractivity contribution in [3.05, 3.63) is 35.9 Å². The summed E-state index contributed by atoms with van der Waals surface area (Å²) in [6, 6.07) is 11.1. The van der Waals surface area contributed by atoms with Crippen molar-refractivity contribution in [1.29, 1.82) is 5.26 Å². The summed E-state index contributed by atoms with van der Waals surface area (Å²) in [5.41, 5.74) is 0.293. The fourth-order valence-electron chi connectivity index (χ4n) is 2.67.